The van der Waals surface area contributed by atoms with Crippen LogP contribution in [0.4, 0.5) is 4.79 Å². The minimum Gasteiger partial charge on any atom is -0.447 e. The lowest BCUT2D eigenvalue weighted by molar-refractivity contribution is 0.0181. The van der Waals surface area contributed by atoms with Crippen molar-refractivity contribution in [1.29, 1.82) is 0 Å². The first-order valence-corrected chi connectivity index (χ1v) is 7.78. The molecule has 122 valence electrons. The zero-order valence-electron chi connectivity index (χ0n) is 13.2. The molecule has 0 spiro atoms. The highest BCUT2D eigenvalue weighted by atomic mass is 16.6. The van der Waals surface area contributed by atoms with Crippen LogP contribution in [0.5, 0.6) is 0 Å². The number of aromatic nitrogens is 1. The van der Waals surface area contributed by atoms with E-state index in [0.717, 1.165) is 19.5 Å². The number of likely N-dealkylation sites (tertiary alicyclic amines) is 1. The number of nitrogens with one attached hydrogen (secondary N) is 1. The third-order valence-electron chi connectivity index (χ3n) is 3.81. The zero-order valence-corrected chi connectivity index (χ0v) is 13.2. The van der Waals surface area contributed by atoms with E-state index in [1.54, 1.807) is 12.4 Å². The molecule has 0 radical (unpaired) electrons. The molecule has 1 fully saturated rings. The summed E-state index contributed by atoms with van der Waals surface area (Å²) in [6.45, 7) is 6.42. The molecule has 2 heterocycles. The van der Waals surface area contributed by atoms with Gasteiger partial charge in [0.1, 0.15) is 0 Å². The Kier molecular flexibility index (Phi) is 6.15. The second kappa shape index (κ2) is 8.10. The monoisotopic (exact) mass is 307 g/mol. The van der Waals surface area contributed by atoms with Crippen molar-refractivity contribution in [3.63, 3.8) is 0 Å². The van der Waals surface area contributed by atoms with Gasteiger partial charge in [0.15, 0.2) is 0 Å². The fourth-order valence-corrected chi connectivity index (χ4v) is 2.64. The number of carbonyl (C=O) groups is 1. The minimum absolute atomic E-state index is 0.0772. The molecule has 1 amide bonds. The van der Waals surface area contributed by atoms with Gasteiger partial charge in [-0.1, -0.05) is 0 Å². The van der Waals surface area contributed by atoms with Crippen molar-refractivity contribution in [3.05, 3.63) is 30.1 Å². The summed E-state index contributed by atoms with van der Waals surface area (Å²) in [6.07, 6.45) is 3.43. The van der Waals surface area contributed by atoms with Crippen LogP contribution < -0.4 is 5.32 Å². The van der Waals surface area contributed by atoms with Gasteiger partial charge < -0.3 is 15.2 Å². The highest BCUT2D eigenvalue weighted by Crippen LogP contribution is 2.19. The van der Waals surface area contributed by atoms with E-state index in [-0.39, 0.29) is 12.0 Å². The lowest BCUT2D eigenvalue weighted by Crippen LogP contribution is -2.47. The Hall–Kier alpha value is -1.66. The lowest BCUT2D eigenvalue weighted by Gasteiger charge is -2.36. The molecular formula is C16H25N3O3. The Bertz CT molecular complexity index is 467. The smallest absolute Gasteiger partial charge is 0.407 e. The second-order valence-electron chi connectivity index (χ2n) is 6.04. The first kappa shape index (κ1) is 16.7. The molecule has 0 saturated carbocycles. The van der Waals surface area contributed by atoms with Crippen molar-refractivity contribution in [1.82, 2.24) is 15.2 Å². The predicted octanol–water partition coefficient (Wildman–Crippen LogP) is 1.40. The quantitative estimate of drug-likeness (QED) is 0.860. The highest BCUT2D eigenvalue weighted by molar-refractivity contribution is 5.67. The van der Waals surface area contributed by atoms with Gasteiger partial charge in [-0.05, 0) is 44.5 Å². The van der Waals surface area contributed by atoms with Crippen LogP contribution in [0.15, 0.2) is 24.5 Å². The number of amides is 1. The number of aliphatic hydroxyl groups is 1. The molecule has 1 aliphatic heterocycles. The average Bonchev–Trinajstić information content (AvgIpc) is 2.47. The van der Waals surface area contributed by atoms with Gasteiger partial charge in [-0.2, -0.15) is 0 Å². The van der Waals surface area contributed by atoms with Gasteiger partial charge in [0.2, 0.25) is 0 Å². The van der Waals surface area contributed by atoms with Crippen LogP contribution >= 0.6 is 0 Å². The molecule has 6 nitrogen and oxygen atoms in total. The van der Waals surface area contributed by atoms with E-state index < -0.39 is 12.2 Å². The maximum Gasteiger partial charge on any atom is 0.407 e. The van der Waals surface area contributed by atoms with Crippen molar-refractivity contribution < 1.29 is 14.6 Å². The van der Waals surface area contributed by atoms with Crippen molar-refractivity contribution in [2.45, 2.75) is 39.0 Å². The normalized spacial score (nSPS) is 22.5. The fraction of sp³-hybridized carbons (Fsp3) is 0.625. The van der Waals surface area contributed by atoms with E-state index in [4.69, 9.17) is 4.74 Å². The SMILES string of the molecule is CC(C)OC(=O)NC[C@@H]1CCN(Cc2ccncc2)C[C@H]1O. The molecule has 0 unspecified atom stereocenters. The van der Waals surface area contributed by atoms with Crippen LogP contribution in [0, 0.1) is 5.92 Å². The topological polar surface area (TPSA) is 74.7 Å². The van der Waals surface area contributed by atoms with Gasteiger partial charge in [-0.3, -0.25) is 9.88 Å². The molecule has 2 rings (SSSR count). The number of rotatable bonds is 5. The molecule has 1 aromatic rings. The number of alkyl carbamates (subject to hydrolysis) is 1. The summed E-state index contributed by atoms with van der Waals surface area (Å²) in [7, 11) is 0. The van der Waals surface area contributed by atoms with E-state index in [2.05, 4.69) is 15.2 Å². The van der Waals surface area contributed by atoms with Crippen LogP contribution in [0.1, 0.15) is 25.8 Å². The molecule has 2 atom stereocenters. The maximum absolute atomic E-state index is 11.5. The van der Waals surface area contributed by atoms with Crippen LogP contribution in [-0.4, -0.2) is 52.9 Å². The Morgan fingerprint density at radius 1 is 1.50 bits per heavy atom. The highest BCUT2D eigenvalue weighted by Gasteiger charge is 2.28. The van der Waals surface area contributed by atoms with Crippen molar-refractivity contribution in [2.24, 2.45) is 5.92 Å². The molecule has 0 aliphatic carbocycles. The van der Waals surface area contributed by atoms with Gasteiger partial charge >= 0.3 is 6.09 Å². The summed E-state index contributed by atoms with van der Waals surface area (Å²) in [5.74, 6) is 0.0772. The summed E-state index contributed by atoms with van der Waals surface area (Å²) in [5, 5.41) is 13.0. The zero-order chi connectivity index (χ0) is 15.9. The van der Waals surface area contributed by atoms with Crippen molar-refractivity contribution >= 4 is 6.09 Å². The molecule has 1 saturated heterocycles. The predicted molar refractivity (Wildman–Crippen MR) is 83.2 cm³/mol. The number of hydrogen-bond donors (Lipinski definition) is 2. The summed E-state index contributed by atoms with van der Waals surface area (Å²) in [6, 6.07) is 3.98. The van der Waals surface area contributed by atoms with Crippen LogP contribution in [-0.2, 0) is 11.3 Å². The van der Waals surface area contributed by atoms with Gasteiger partial charge in [-0.25, -0.2) is 4.79 Å². The standard InChI is InChI=1S/C16H25N3O3/c1-12(2)22-16(21)18-9-14-5-8-19(11-15(14)20)10-13-3-6-17-7-4-13/h3-4,6-7,12,14-15,20H,5,8-11H2,1-2H3,(H,18,21)/t14-,15+/m0/s1. The second-order valence-corrected chi connectivity index (χ2v) is 6.04. The fourth-order valence-electron chi connectivity index (χ4n) is 2.64. The van der Waals surface area contributed by atoms with Gasteiger partial charge in [0, 0.05) is 37.9 Å². The van der Waals surface area contributed by atoms with Crippen molar-refractivity contribution in [3.8, 4) is 0 Å². The van der Waals surface area contributed by atoms with Crippen LogP contribution in [0.25, 0.3) is 0 Å². The van der Waals surface area contributed by atoms with Crippen molar-refractivity contribution in [2.75, 3.05) is 19.6 Å². The van der Waals surface area contributed by atoms with E-state index in [9.17, 15) is 9.90 Å². The third-order valence-corrected chi connectivity index (χ3v) is 3.81. The van der Waals surface area contributed by atoms with Gasteiger partial charge in [0.05, 0.1) is 12.2 Å². The largest absolute Gasteiger partial charge is 0.447 e. The van der Waals surface area contributed by atoms with Crippen LogP contribution in [0.3, 0.4) is 0 Å². The number of nitrogens with zero attached hydrogens (tertiary/aromatic N) is 2. The molecule has 22 heavy (non-hydrogen) atoms. The number of ether oxygens (including phenoxy) is 1. The van der Waals surface area contributed by atoms with E-state index in [1.165, 1.54) is 5.56 Å². The Balaban J connectivity index is 1.74. The number of carbonyl (C=O) groups excluding carboxylic acids is 1. The minimum atomic E-state index is -0.435. The number of pyridine rings is 1. The number of piperidine rings is 1. The third kappa shape index (κ3) is 5.27. The Morgan fingerprint density at radius 2 is 2.23 bits per heavy atom. The molecular weight excluding hydrogens is 282 g/mol. The molecule has 0 aromatic carbocycles. The molecule has 1 aliphatic rings. The van der Waals surface area contributed by atoms with Gasteiger partial charge in [-0.15, -0.1) is 0 Å². The summed E-state index contributed by atoms with van der Waals surface area (Å²) >= 11 is 0. The number of aliphatic hydroxyl groups excluding tert-OH is 1. The number of hydrogen-bond acceptors (Lipinski definition) is 5. The summed E-state index contributed by atoms with van der Waals surface area (Å²) in [5.41, 5.74) is 1.19. The summed E-state index contributed by atoms with van der Waals surface area (Å²) < 4.78 is 5.03. The average molecular weight is 307 g/mol. The molecule has 1 aromatic heterocycles. The lowest BCUT2D eigenvalue weighted by atomic mass is 9.93. The van der Waals surface area contributed by atoms with Gasteiger partial charge in [0.25, 0.3) is 0 Å². The Labute approximate surface area is 131 Å². The van der Waals surface area contributed by atoms with E-state index >= 15 is 0 Å². The molecule has 6 heteroatoms. The summed E-state index contributed by atoms with van der Waals surface area (Å²) in [4.78, 5) is 17.7. The van der Waals surface area contributed by atoms with E-state index in [0.29, 0.717) is 13.1 Å². The first-order chi connectivity index (χ1) is 10.5. The van der Waals surface area contributed by atoms with Crippen LogP contribution in [0.2, 0.25) is 0 Å². The maximum atomic E-state index is 11.5. The number of β-amino-alcohol motifs (C(OH)–C–C–N with tert-alkyl or cyclic N) is 1. The first-order valence-electron chi connectivity index (χ1n) is 7.78. The molecule has 0 bridgehead atoms. The Morgan fingerprint density at radius 3 is 2.86 bits per heavy atom. The van der Waals surface area contributed by atoms with E-state index in [1.807, 2.05) is 26.0 Å². The molecule has 2 N–H and O–H groups in total.